The highest BCUT2D eigenvalue weighted by Crippen LogP contribution is 2.26. The number of nitrogens with zero attached hydrogens (tertiary/aromatic N) is 3. The van der Waals surface area contributed by atoms with E-state index in [0.717, 1.165) is 4.88 Å². The molecule has 1 aliphatic rings. The van der Waals surface area contributed by atoms with Crippen LogP contribution in [0.15, 0.2) is 45.7 Å². The van der Waals surface area contributed by atoms with Gasteiger partial charge in [-0.1, -0.05) is 6.07 Å². The number of ether oxygens (including phenoxy) is 1. The molecule has 0 saturated carbocycles. The number of sulfonamides is 1. The number of morpholine rings is 1. The zero-order valence-electron chi connectivity index (χ0n) is 13.9. The van der Waals surface area contributed by atoms with Crippen LogP contribution >= 0.6 is 35.3 Å². The van der Waals surface area contributed by atoms with E-state index in [-0.39, 0.29) is 29.9 Å². The number of hydrogen-bond donors (Lipinski definition) is 2. The molecule has 0 bridgehead atoms. The number of aromatic nitrogens is 1. The molecule has 0 aromatic carbocycles. The van der Waals surface area contributed by atoms with E-state index in [1.807, 2.05) is 6.07 Å². The van der Waals surface area contributed by atoms with E-state index in [4.69, 9.17) is 10.5 Å². The van der Waals surface area contributed by atoms with Crippen molar-refractivity contribution in [3.05, 3.63) is 41.4 Å². The first-order valence-corrected chi connectivity index (χ1v) is 9.96. The zero-order valence-corrected chi connectivity index (χ0v) is 17.8. The second-order valence-corrected chi connectivity index (χ2v) is 8.61. The van der Waals surface area contributed by atoms with Gasteiger partial charge in [0.25, 0.3) is 10.0 Å². The maximum atomic E-state index is 12.6. The van der Waals surface area contributed by atoms with Gasteiger partial charge in [-0.25, -0.2) is 18.4 Å². The Kier molecular flexibility index (Phi) is 7.76. The van der Waals surface area contributed by atoms with Crippen LogP contribution in [0.4, 0.5) is 5.82 Å². The molecule has 26 heavy (non-hydrogen) atoms. The average Bonchev–Trinajstić information content (AvgIpc) is 3.11. The monoisotopic (exact) mass is 509 g/mol. The van der Waals surface area contributed by atoms with E-state index < -0.39 is 10.0 Å². The van der Waals surface area contributed by atoms with Gasteiger partial charge in [0.15, 0.2) is 5.96 Å². The lowest BCUT2D eigenvalue weighted by Gasteiger charge is -2.25. The number of aliphatic imine (C=N–C) groups is 1. The van der Waals surface area contributed by atoms with Gasteiger partial charge in [-0.15, -0.1) is 35.3 Å². The molecule has 0 spiro atoms. The number of halogens is 1. The van der Waals surface area contributed by atoms with Crippen molar-refractivity contribution in [2.24, 2.45) is 10.7 Å². The summed E-state index contributed by atoms with van der Waals surface area (Å²) in [5.74, 6) is 0.829. The lowest BCUT2D eigenvalue weighted by molar-refractivity contribution is 0.0731. The van der Waals surface area contributed by atoms with Gasteiger partial charge in [0.2, 0.25) is 0 Å². The van der Waals surface area contributed by atoms with Crippen molar-refractivity contribution < 1.29 is 13.2 Å². The fraction of sp³-hybridized carbons (Fsp3) is 0.333. The lowest BCUT2D eigenvalue weighted by atomic mass is 10.4. The van der Waals surface area contributed by atoms with E-state index in [1.165, 1.54) is 15.6 Å². The van der Waals surface area contributed by atoms with E-state index in [1.54, 1.807) is 30.5 Å². The summed E-state index contributed by atoms with van der Waals surface area (Å²) in [5, 5.41) is 2.88. The topological polar surface area (TPSA) is 110 Å². The van der Waals surface area contributed by atoms with Gasteiger partial charge >= 0.3 is 0 Å². The minimum absolute atomic E-state index is 0. The van der Waals surface area contributed by atoms with Crippen LogP contribution < -0.4 is 11.1 Å². The Balaban J connectivity index is 0.00000243. The Morgan fingerprint density at radius 2 is 2.08 bits per heavy atom. The van der Waals surface area contributed by atoms with E-state index >= 15 is 0 Å². The molecule has 1 fully saturated rings. The number of rotatable bonds is 5. The molecule has 2 aromatic rings. The molecule has 0 unspecified atom stereocenters. The van der Waals surface area contributed by atoms with Crippen LogP contribution in [0.1, 0.15) is 4.88 Å². The standard InChI is InChI=1S/C15H19N5O3S2.HI/c16-15(19-13-3-1-2-6-17-13)18-11-12-4-5-14(24-12)25(21,22)20-7-9-23-10-8-20;/h1-6H,7-11H2,(H3,16,17,18,19);1H. The third kappa shape index (κ3) is 5.36. The molecule has 3 rings (SSSR count). The largest absolute Gasteiger partial charge is 0.379 e. The van der Waals surface area contributed by atoms with Gasteiger partial charge in [0, 0.05) is 24.2 Å². The van der Waals surface area contributed by atoms with Crippen molar-refractivity contribution in [2.75, 3.05) is 31.6 Å². The highest BCUT2D eigenvalue weighted by molar-refractivity contribution is 14.0. The molecule has 1 aliphatic heterocycles. The number of pyridine rings is 1. The fourth-order valence-electron chi connectivity index (χ4n) is 2.27. The summed E-state index contributed by atoms with van der Waals surface area (Å²) in [6.07, 6.45) is 1.65. The summed E-state index contributed by atoms with van der Waals surface area (Å²) in [7, 11) is -3.46. The van der Waals surface area contributed by atoms with Gasteiger partial charge < -0.3 is 15.8 Å². The molecular formula is C15H20IN5O3S2. The number of hydrogen-bond acceptors (Lipinski definition) is 6. The van der Waals surface area contributed by atoms with Crippen molar-refractivity contribution in [1.29, 1.82) is 0 Å². The van der Waals surface area contributed by atoms with Crippen LogP contribution in [0.2, 0.25) is 0 Å². The van der Waals surface area contributed by atoms with Gasteiger partial charge in [-0.3, -0.25) is 0 Å². The molecule has 0 amide bonds. The number of nitrogens with two attached hydrogens (primary N) is 1. The first kappa shape index (κ1) is 21.0. The van der Waals surface area contributed by atoms with Crippen LogP contribution in [0.25, 0.3) is 0 Å². The van der Waals surface area contributed by atoms with Crippen LogP contribution in [0, 0.1) is 0 Å². The fourth-order valence-corrected chi connectivity index (χ4v) is 5.11. The molecule has 1 saturated heterocycles. The molecule has 0 atom stereocenters. The smallest absolute Gasteiger partial charge is 0.252 e. The van der Waals surface area contributed by atoms with Crippen LogP contribution in [-0.2, 0) is 21.3 Å². The summed E-state index contributed by atoms with van der Waals surface area (Å²) in [4.78, 5) is 9.14. The highest BCUT2D eigenvalue weighted by Gasteiger charge is 2.27. The molecule has 3 N–H and O–H groups in total. The highest BCUT2D eigenvalue weighted by atomic mass is 127. The maximum Gasteiger partial charge on any atom is 0.252 e. The Bertz CT molecular complexity index is 836. The van der Waals surface area contributed by atoms with E-state index in [2.05, 4.69) is 15.3 Å². The lowest BCUT2D eigenvalue weighted by Crippen LogP contribution is -2.40. The van der Waals surface area contributed by atoms with Gasteiger partial charge in [0.05, 0.1) is 19.8 Å². The molecule has 0 radical (unpaired) electrons. The molecular weight excluding hydrogens is 489 g/mol. The predicted octanol–water partition coefficient (Wildman–Crippen LogP) is 1.71. The summed E-state index contributed by atoms with van der Waals surface area (Å²) >= 11 is 1.21. The first-order chi connectivity index (χ1) is 12.1. The second kappa shape index (κ2) is 9.60. The molecule has 2 aromatic heterocycles. The first-order valence-electron chi connectivity index (χ1n) is 7.70. The van der Waals surface area contributed by atoms with Crippen LogP contribution in [0.3, 0.4) is 0 Å². The summed E-state index contributed by atoms with van der Waals surface area (Å²) < 4.78 is 32.1. The van der Waals surface area contributed by atoms with Crippen molar-refractivity contribution in [1.82, 2.24) is 9.29 Å². The van der Waals surface area contributed by atoms with Gasteiger partial charge in [0.1, 0.15) is 10.0 Å². The Hall–Kier alpha value is -1.28. The molecule has 0 aliphatic carbocycles. The van der Waals surface area contributed by atoms with Crippen LogP contribution in [-0.4, -0.2) is 50.0 Å². The van der Waals surface area contributed by atoms with Crippen molar-refractivity contribution in [3.8, 4) is 0 Å². The van der Waals surface area contributed by atoms with E-state index in [0.29, 0.717) is 42.9 Å². The number of anilines is 1. The van der Waals surface area contributed by atoms with Crippen molar-refractivity contribution >= 4 is 57.1 Å². The van der Waals surface area contributed by atoms with Crippen molar-refractivity contribution in [3.63, 3.8) is 0 Å². The van der Waals surface area contributed by atoms with E-state index in [9.17, 15) is 8.42 Å². The summed E-state index contributed by atoms with van der Waals surface area (Å²) in [6.45, 7) is 1.92. The van der Waals surface area contributed by atoms with Gasteiger partial charge in [-0.05, 0) is 24.3 Å². The number of thiophene rings is 1. The molecule has 3 heterocycles. The third-order valence-electron chi connectivity index (χ3n) is 3.53. The normalized spacial score (nSPS) is 16.1. The number of nitrogens with one attached hydrogen (secondary N) is 1. The third-order valence-corrected chi connectivity index (χ3v) is 6.96. The SMILES string of the molecule is I.NC(=NCc1ccc(S(=O)(=O)N2CCOCC2)s1)Nc1ccccn1. The molecule has 8 nitrogen and oxygen atoms in total. The maximum absolute atomic E-state index is 12.6. The average molecular weight is 509 g/mol. The minimum atomic E-state index is -3.46. The van der Waals surface area contributed by atoms with Crippen LogP contribution in [0.5, 0.6) is 0 Å². The molecule has 11 heteroatoms. The Morgan fingerprint density at radius 1 is 1.31 bits per heavy atom. The Morgan fingerprint density at radius 3 is 2.77 bits per heavy atom. The summed E-state index contributed by atoms with van der Waals surface area (Å²) in [5.41, 5.74) is 5.83. The van der Waals surface area contributed by atoms with Crippen molar-refractivity contribution in [2.45, 2.75) is 10.8 Å². The zero-order chi connectivity index (χ0) is 17.7. The summed E-state index contributed by atoms with van der Waals surface area (Å²) in [6, 6.07) is 8.80. The predicted molar refractivity (Wildman–Crippen MR) is 112 cm³/mol. The quantitative estimate of drug-likeness (QED) is 0.361. The van der Waals surface area contributed by atoms with Gasteiger partial charge in [-0.2, -0.15) is 4.31 Å². The molecule has 142 valence electrons. The number of guanidine groups is 1. The second-order valence-electron chi connectivity index (χ2n) is 5.28. The minimum Gasteiger partial charge on any atom is -0.379 e. The Labute approximate surface area is 173 Å².